The summed E-state index contributed by atoms with van der Waals surface area (Å²) in [5.74, 6) is 0.156. The normalized spacial score (nSPS) is 10.3. The van der Waals surface area contributed by atoms with Crippen molar-refractivity contribution in [1.29, 1.82) is 0 Å². The molecule has 26 heavy (non-hydrogen) atoms. The average molecular weight is 383 g/mol. The van der Waals surface area contributed by atoms with Gasteiger partial charge in [0.1, 0.15) is 0 Å². The Morgan fingerprint density at radius 2 is 1.73 bits per heavy atom. The van der Waals surface area contributed by atoms with E-state index < -0.39 is 0 Å². The van der Waals surface area contributed by atoms with Crippen molar-refractivity contribution in [2.24, 2.45) is 0 Å². The van der Waals surface area contributed by atoms with Crippen LogP contribution in [0.5, 0.6) is 0 Å². The molecular weight excluding hydrogens is 366 g/mol. The quantitative estimate of drug-likeness (QED) is 0.604. The second kappa shape index (κ2) is 9.17. The van der Waals surface area contributed by atoms with Crippen LogP contribution in [0.1, 0.15) is 5.56 Å². The van der Waals surface area contributed by atoms with Crippen LogP contribution in [0.15, 0.2) is 71.1 Å². The number of nitrogens with one attached hydrogen (secondary N) is 2. The van der Waals surface area contributed by atoms with Gasteiger partial charge in [-0.15, -0.1) is 23.1 Å². The summed E-state index contributed by atoms with van der Waals surface area (Å²) in [4.78, 5) is 28.9. The van der Waals surface area contributed by atoms with Crippen LogP contribution in [0, 0.1) is 0 Å². The smallest absolute Gasteiger partial charge is 0.236 e. The molecule has 0 bridgehead atoms. The minimum atomic E-state index is -0.0924. The van der Waals surface area contributed by atoms with E-state index in [9.17, 15) is 9.59 Å². The number of carbonyl (C=O) groups excluding carboxylic acids is 2. The molecule has 0 aliphatic carbocycles. The number of anilines is 2. The van der Waals surface area contributed by atoms with Gasteiger partial charge in [0.25, 0.3) is 0 Å². The summed E-state index contributed by atoms with van der Waals surface area (Å²) < 4.78 is 0. The van der Waals surface area contributed by atoms with E-state index in [4.69, 9.17) is 0 Å². The molecular formula is C19H17N3O2S2. The number of thiazole rings is 1. The first kappa shape index (κ1) is 18.2. The summed E-state index contributed by atoms with van der Waals surface area (Å²) in [7, 11) is 0. The van der Waals surface area contributed by atoms with Crippen LogP contribution in [0.4, 0.5) is 10.8 Å². The third-order valence-corrected chi connectivity index (χ3v) is 5.09. The number of rotatable bonds is 7. The van der Waals surface area contributed by atoms with Crippen LogP contribution in [-0.2, 0) is 16.0 Å². The third kappa shape index (κ3) is 5.72. The SMILES string of the molecule is O=C(Cc1ccccc1)Nc1ccc(SCC(=O)Nc2nccs2)cc1. The lowest BCUT2D eigenvalue weighted by molar-refractivity contribution is -0.115. The minimum absolute atomic E-state index is 0.0561. The highest BCUT2D eigenvalue weighted by atomic mass is 32.2. The van der Waals surface area contributed by atoms with Crippen molar-refractivity contribution in [3.8, 4) is 0 Å². The van der Waals surface area contributed by atoms with Crippen molar-refractivity contribution < 1.29 is 9.59 Å². The van der Waals surface area contributed by atoms with Crippen molar-refractivity contribution in [3.63, 3.8) is 0 Å². The molecule has 0 aliphatic rings. The van der Waals surface area contributed by atoms with Crippen molar-refractivity contribution in [1.82, 2.24) is 4.98 Å². The van der Waals surface area contributed by atoms with Gasteiger partial charge in [-0.3, -0.25) is 9.59 Å². The monoisotopic (exact) mass is 383 g/mol. The molecule has 2 aromatic carbocycles. The van der Waals surface area contributed by atoms with E-state index in [0.29, 0.717) is 17.3 Å². The zero-order chi connectivity index (χ0) is 18.2. The molecule has 0 atom stereocenters. The van der Waals surface area contributed by atoms with E-state index >= 15 is 0 Å². The molecule has 2 amide bonds. The zero-order valence-electron chi connectivity index (χ0n) is 13.8. The Hall–Kier alpha value is -2.64. The van der Waals surface area contributed by atoms with E-state index in [1.54, 1.807) is 6.20 Å². The first-order valence-electron chi connectivity index (χ1n) is 7.95. The maximum atomic E-state index is 12.1. The van der Waals surface area contributed by atoms with E-state index in [1.165, 1.54) is 23.1 Å². The van der Waals surface area contributed by atoms with E-state index in [2.05, 4.69) is 15.6 Å². The highest BCUT2D eigenvalue weighted by Gasteiger charge is 2.07. The number of hydrogen-bond acceptors (Lipinski definition) is 5. The summed E-state index contributed by atoms with van der Waals surface area (Å²) in [5, 5.41) is 8.04. The number of nitrogens with zero attached hydrogens (tertiary/aromatic N) is 1. The summed E-state index contributed by atoms with van der Waals surface area (Å²) in [6, 6.07) is 17.1. The molecule has 0 spiro atoms. The van der Waals surface area contributed by atoms with E-state index in [-0.39, 0.29) is 11.8 Å². The van der Waals surface area contributed by atoms with Gasteiger partial charge in [-0.1, -0.05) is 30.3 Å². The second-order valence-electron chi connectivity index (χ2n) is 5.41. The Labute approximate surface area is 159 Å². The van der Waals surface area contributed by atoms with Crippen LogP contribution in [-0.4, -0.2) is 22.6 Å². The van der Waals surface area contributed by atoms with Crippen molar-refractivity contribution in [2.45, 2.75) is 11.3 Å². The van der Waals surface area contributed by atoms with Crippen LogP contribution in [0.25, 0.3) is 0 Å². The first-order valence-corrected chi connectivity index (χ1v) is 9.81. The fourth-order valence-electron chi connectivity index (χ4n) is 2.21. The predicted octanol–water partition coefficient (Wildman–Crippen LogP) is 4.06. The molecule has 0 unspecified atom stereocenters. The largest absolute Gasteiger partial charge is 0.326 e. The topological polar surface area (TPSA) is 71.1 Å². The number of carbonyl (C=O) groups is 2. The van der Waals surface area contributed by atoms with Crippen LogP contribution in [0.3, 0.4) is 0 Å². The van der Waals surface area contributed by atoms with Crippen LogP contribution >= 0.6 is 23.1 Å². The lowest BCUT2D eigenvalue weighted by Gasteiger charge is -2.07. The molecule has 7 heteroatoms. The Bertz CT molecular complexity index is 850. The molecule has 3 rings (SSSR count). The Kier molecular flexibility index (Phi) is 6.40. The van der Waals surface area contributed by atoms with Gasteiger partial charge in [0.15, 0.2) is 5.13 Å². The summed E-state index contributed by atoms with van der Waals surface area (Å²) in [6.07, 6.45) is 1.99. The standard InChI is InChI=1S/C19H17N3O2S2/c23-17(12-14-4-2-1-3-5-14)21-15-6-8-16(9-7-15)26-13-18(24)22-19-20-10-11-25-19/h1-11H,12-13H2,(H,21,23)(H,20,22,24). The van der Waals surface area contributed by atoms with E-state index in [1.807, 2.05) is 60.0 Å². The van der Waals surface area contributed by atoms with Gasteiger partial charge in [0.2, 0.25) is 11.8 Å². The fourth-order valence-corrected chi connectivity index (χ4v) is 3.45. The molecule has 0 saturated carbocycles. The maximum absolute atomic E-state index is 12.1. The Morgan fingerprint density at radius 3 is 2.42 bits per heavy atom. The van der Waals surface area contributed by atoms with Gasteiger partial charge < -0.3 is 10.6 Å². The predicted molar refractivity (Wildman–Crippen MR) is 107 cm³/mol. The van der Waals surface area contributed by atoms with Crippen molar-refractivity contribution >= 4 is 45.7 Å². The fraction of sp³-hybridized carbons (Fsp3) is 0.105. The van der Waals surface area contributed by atoms with Gasteiger partial charge in [0, 0.05) is 22.2 Å². The van der Waals surface area contributed by atoms with E-state index in [0.717, 1.165) is 16.1 Å². The average Bonchev–Trinajstić information content (AvgIpc) is 3.15. The molecule has 0 saturated heterocycles. The van der Waals surface area contributed by atoms with Gasteiger partial charge in [-0.2, -0.15) is 0 Å². The van der Waals surface area contributed by atoms with Gasteiger partial charge >= 0.3 is 0 Å². The Balaban J connectivity index is 1.45. The third-order valence-electron chi connectivity index (χ3n) is 3.39. The number of aromatic nitrogens is 1. The molecule has 0 fully saturated rings. The molecule has 0 radical (unpaired) electrons. The number of thioether (sulfide) groups is 1. The number of amides is 2. The zero-order valence-corrected chi connectivity index (χ0v) is 15.5. The molecule has 2 N–H and O–H groups in total. The van der Waals surface area contributed by atoms with Crippen molar-refractivity contribution in [3.05, 3.63) is 71.7 Å². The molecule has 5 nitrogen and oxygen atoms in total. The Morgan fingerprint density at radius 1 is 0.962 bits per heavy atom. The number of hydrogen-bond donors (Lipinski definition) is 2. The van der Waals surface area contributed by atoms with Gasteiger partial charge in [0.05, 0.1) is 12.2 Å². The van der Waals surface area contributed by atoms with Gasteiger partial charge in [-0.25, -0.2) is 4.98 Å². The summed E-state index contributed by atoms with van der Waals surface area (Å²) >= 11 is 2.82. The lowest BCUT2D eigenvalue weighted by Crippen LogP contribution is -2.14. The maximum Gasteiger partial charge on any atom is 0.236 e. The molecule has 1 heterocycles. The molecule has 0 aliphatic heterocycles. The second-order valence-corrected chi connectivity index (χ2v) is 7.35. The highest BCUT2D eigenvalue weighted by Crippen LogP contribution is 2.21. The lowest BCUT2D eigenvalue weighted by atomic mass is 10.1. The highest BCUT2D eigenvalue weighted by molar-refractivity contribution is 8.00. The molecule has 1 aromatic heterocycles. The van der Waals surface area contributed by atoms with Crippen LogP contribution < -0.4 is 10.6 Å². The van der Waals surface area contributed by atoms with Crippen LogP contribution in [0.2, 0.25) is 0 Å². The minimum Gasteiger partial charge on any atom is -0.326 e. The summed E-state index contributed by atoms with van der Waals surface area (Å²) in [6.45, 7) is 0. The molecule has 132 valence electrons. The number of benzene rings is 2. The first-order chi connectivity index (χ1) is 12.7. The van der Waals surface area contributed by atoms with Gasteiger partial charge in [-0.05, 0) is 29.8 Å². The molecule has 3 aromatic rings. The van der Waals surface area contributed by atoms with Crippen molar-refractivity contribution in [2.75, 3.05) is 16.4 Å². The summed E-state index contributed by atoms with van der Waals surface area (Å²) in [5.41, 5.74) is 1.71.